The fraction of sp³-hybridized carbons (Fsp3) is 0.192. The summed E-state index contributed by atoms with van der Waals surface area (Å²) in [6.07, 6.45) is 1.46. The first-order valence-corrected chi connectivity index (χ1v) is 11.9. The van der Waals surface area contributed by atoms with Crippen LogP contribution in [-0.4, -0.2) is 25.1 Å². The van der Waals surface area contributed by atoms with Gasteiger partial charge in [0.05, 0.1) is 28.5 Å². The largest absolute Gasteiger partial charge is 0.493 e. The van der Waals surface area contributed by atoms with E-state index in [4.69, 9.17) is 21.1 Å². The van der Waals surface area contributed by atoms with Crippen molar-refractivity contribution in [2.45, 2.75) is 26.4 Å². The van der Waals surface area contributed by atoms with Gasteiger partial charge < -0.3 is 14.8 Å². The van der Waals surface area contributed by atoms with Gasteiger partial charge in [-0.1, -0.05) is 53.6 Å². The zero-order chi connectivity index (χ0) is 25.2. The number of methoxy groups -OCH3 is 1. The molecule has 0 spiro atoms. The fourth-order valence-electron chi connectivity index (χ4n) is 3.03. The number of rotatable bonds is 10. The molecule has 0 radical (unpaired) electrons. The Labute approximate surface area is 217 Å². The van der Waals surface area contributed by atoms with Gasteiger partial charge in [-0.3, -0.25) is 9.59 Å². The van der Waals surface area contributed by atoms with Crippen LogP contribution in [0.3, 0.4) is 0 Å². The summed E-state index contributed by atoms with van der Waals surface area (Å²) in [5.41, 5.74) is 5.84. The molecule has 0 aliphatic rings. The van der Waals surface area contributed by atoms with Crippen molar-refractivity contribution < 1.29 is 19.1 Å². The molecule has 9 heteroatoms. The topological polar surface area (TPSA) is 89.0 Å². The van der Waals surface area contributed by atoms with Crippen LogP contribution in [0, 0.1) is 6.92 Å². The molecule has 0 fully saturated rings. The summed E-state index contributed by atoms with van der Waals surface area (Å²) >= 11 is 9.53. The number of para-hydroxylation sites is 1. The van der Waals surface area contributed by atoms with Crippen LogP contribution < -0.4 is 20.2 Å². The van der Waals surface area contributed by atoms with E-state index < -0.39 is 0 Å². The van der Waals surface area contributed by atoms with Crippen LogP contribution in [0.15, 0.2) is 70.2 Å². The minimum absolute atomic E-state index is 0.00103. The van der Waals surface area contributed by atoms with Gasteiger partial charge in [0.15, 0.2) is 11.5 Å². The third kappa shape index (κ3) is 8.12. The van der Waals surface area contributed by atoms with Crippen molar-refractivity contribution in [3.8, 4) is 11.5 Å². The Balaban J connectivity index is 1.52. The number of benzene rings is 3. The lowest BCUT2D eigenvalue weighted by atomic mass is 10.2. The Hall–Kier alpha value is -3.36. The van der Waals surface area contributed by atoms with E-state index in [9.17, 15) is 9.59 Å². The first kappa shape index (κ1) is 26.2. The molecule has 182 valence electrons. The third-order valence-corrected chi connectivity index (χ3v) is 5.80. The Kier molecular flexibility index (Phi) is 9.69. The molecule has 0 bridgehead atoms. The number of amides is 2. The summed E-state index contributed by atoms with van der Waals surface area (Å²) < 4.78 is 12.1. The van der Waals surface area contributed by atoms with Gasteiger partial charge in [-0.05, 0) is 58.2 Å². The smallest absolute Gasteiger partial charge is 0.240 e. The van der Waals surface area contributed by atoms with Crippen molar-refractivity contribution in [3.63, 3.8) is 0 Å². The maximum atomic E-state index is 12.1. The van der Waals surface area contributed by atoms with E-state index in [1.54, 1.807) is 43.5 Å². The number of hydrogen-bond donors (Lipinski definition) is 2. The summed E-state index contributed by atoms with van der Waals surface area (Å²) in [5, 5.41) is 7.08. The van der Waals surface area contributed by atoms with Crippen molar-refractivity contribution in [3.05, 3.63) is 86.8 Å². The van der Waals surface area contributed by atoms with Gasteiger partial charge in [-0.15, -0.1) is 0 Å². The quantitative estimate of drug-likeness (QED) is 0.241. The Morgan fingerprint density at radius 3 is 2.49 bits per heavy atom. The molecular formula is C26H25BrClN3O4. The molecule has 0 heterocycles. The van der Waals surface area contributed by atoms with Gasteiger partial charge in [-0.25, -0.2) is 5.43 Å². The predicted molar refractivity (Wildman–Crippen MR) is 141 cm³/mol. The van der Waals surface area contributed by atoms with E-state index in [1.807, 2.05) is 31.2 Å². The van der Waals surface area contributed by atoms with E-state index in [2.05, 4.69) is 31.8 Å². The minimum atomic E-state index is -0.389. The molecule has 3 rings (SSSR count). The number of nitrogens with zero attached hydrogens (tertiary/aromatic N) is 1. The number of aryl methyl sites for hydroxylation is 1. The first-order valence-electron chi connectivity index (χ1n) is 10.8. The molecule has 3 aromatic carbocycles. The molecule has 0 aliphatic heterocycles. The Morgan fingerprint density at radius 2 is 1.77 bits per heavy atom. The van der Waals surface area contributed by atoms with Crippen LogP contribution >= 0.6 is 27.5 Å². The zero-order valence-electron chi connectivity index (χ0n) is 19.3. The lowest BCUT2D eigenvalue weighted by Gasteiger charge is -2.13. The lowest BCUT2D eigenvalue weighted by Crippen LogP contribution is -2.20. The summed E-state index contributed by atoms with van der Waals surface area (Å²) in [7, 11) is 1.55. The van der Waals surface area contributed by atoms with Crippen LogP contribution in [0.25, 0.3) is 0 Å². The van der Waals surface area contributed by atoms with Gasteiger partial charge in [0.1, 0.15) is 6.61 Å². The highest BCUT2D eigenvalue weighted by Crippen LogP contribution is 2.36. The number of anilines is 1. The molecule has 0 saturated carbocycles. The number of nitrogens with one attached hydrogen (secondary N) is 2. The second kappa shape index (κ2) is 12.9. The zero-order valence-corrected chi connectivity index (χ0v) is 21.7. The molecule has 0 unspecified atom stereocenters. The minimum Gasteiger partial charge on any atom is -0.493 e. The summed E-state index contributed by atoms with van der Waals surface area (Å²) in [6, 6.07) is 18.5. The maximum Gasteiger partial charge on any atom is 0.240 e. The van der Waals surface area contributed by atoms with E-state index in [1.165, 1.54) is 11.8 Å². The maximum absolute atomic E-state index is 12.1. The molecule has 0 aliphatic carbocycles. The van der Waals surface area contributed by atoms with Gasteiger partial charge >= 0.3 is 0 Å². The molecule has 7 nitrogen and oxygen atoms in total. The van der Waals surface area contributed by atoms with Crippen LogP contribution in [0.1, 0.15) is 29.5 Å². The molecular weight excluding hydrogens is 534 g/mol. The third-order valence-electron chi connectivity index (χ3n) is 4.89. The number of ether oxygens (including phenoxy) is 2. The number of carbonyl (C=O) groups excluding carboxylic acids is 2. The number of hydrazone groups is 1. The predicted octanol–water partition coefficient (Wildman–Crippen LogP) is 5.87. The monoisotopic (exact) mass is 557 g/mol. The van der Waals surface area contributed by atoms with Crippen LogP contribution in [-0.2, 0) is 16.2 Å². The average Bonchev–Trinajstić information content (AvgIpc) is 2.84. The van der Waals surface area contributed by atoms with E-state index in [0.717, 1.165) is 5.56 Å². The number of carbonyl (C=O) groups is 2. The van der Waals surface area contributed by atoms with E-state index in [-0.39, 0.29) is 24.7 Å². The average molecular weight is 559 g/mol. The highest BCUT2D eigenvalue weighted by Gasteiger charge is 2.12. The van der Waals surface area contributed by atoms with Gasteiger partial charge in [0.2, 0.25) is 11.8 Å². The Morgan fingerprint density at radius 1 is 1.06 bits per heavy atom. The molecule has 2 amide bonds. The second-order valence-corrected chi connectivity index (χ2v) is 8.89. The Bertz CT molecular complexity index is 1220. The molecule has 0 aromatic heterocycles. The van der Waals surface area contributed by atoms with Crippen LogP contribution in [0.5, 0.6) is 11.5 Å². The van der Waals surface area contributed by atoms with Crippen LogP contribution in [0.4, 0.5) is 5.69 Å². The van der Waals surface area contributed by atoms with Crippen molar-refractivity contribution in [1.29, 1.82) is 0 Å². The van der Waals surface area contributed by atoms with Crippen molar-refractivity contribution in [1.82, 2.24) is 5.43 Å². The lowest BCUT2D eigenvalue weighted by molar-refractivity contribution is -0.124. The fourth-order valence-corrected chi connectivity index (χ4v) is 3.79. The number of hydrogen-bond acceptors (Lipinski definition) is 5. The normalized spacial score (nSPS) is 10.7. The summed E-state index contributed by atoms with van der Waals surface area (Å²) in [5.74, 6) is 0.390. The standard InChI is InChI=1S/C26H25BrClN3O4/c1-17-7-9-18(10-8-17)16-35-26-20(27)13-19(14-23(26)34-2)15-29-31-25(33)12-11-24(32)30-22-6-4-3-5-21(22)28/h3-10,13-15H,11-12,16H2,1-2H3,(H,30,32)(H,31,33). The summed E-state index contributed by atoms with van der Waals surface area (Å²) in [6.45, 7) is 2.43. The molecule has 35 heavy (non-hydrogen) atoms. The van der Waals surface area contributed by atoms with Crippen LogP contribution in [0.2, 0.25) is 5.02 Å². The van der Waals surface area contributed by atoms with Crippen molar-refractivity contribution in [2.75, 3.05) is 12.4 Å². The van der Waals surface area contributed by atoms with Gasteiger partial charge in [-0.2, -0.15) is 5.10 Å². The highest BCUT2D eigenvalue weighted by molar-refractivity contribution is 9.10. The van der Waals surface area contributed by atoms with Gasteiger partial charge in [0.25, 0.3) is 0 Å². The van der Waals surface area contributed by atoms with E-state index >= 15 is 0 Å². The first-order chi connectivity index (χ1) is 16.9. The highest BCUT2D eigenvalue weighted by atomic mass is 79.9. The van der Waals surface area contributed by atoms with Crippen molar-refractivity contribution in [2.24, 2.45) is 5.10 Å². The summed E-state index contributed by atoms with van der Waals surface area (Å²) in [4.78, 5) is 24.1. The molecule has 0 atom stereocenters. The molecule has 2 N–H and O–H groups in total. The SMILES string of the molecule is COc1cc(C=NNC(=O)CCC(=O)Nc2ccccc2Cl)cc(Br)c1OCc1ccc(C)cc1. The number of halogens is 2. The van der Waals surface area contributed by atoms with E-state index in [0.29, 0.717) is 38.9 Å². The van der Waals surface area contributed by atoms with Gasteiger partial charge in [0, 0.05) is 12.8 Å². The second-order valence-electron chi connectivity index (χ2n) is 7.63. The molecule has 3 aromatic rings. The molecule has 0 saturated heterocycles. The van der Waals surface area contributed by atoms with Crippen molar-refractivity contribution >= 4 is 51.2 Å².